The van der Waals surface area contributed by atoms with Gasteiger partial charge in [-0.2, -0.15) is 0 Å². The molecule has 0 radical (unpaired) electrons. The minimum atomic E-state index is -4.43. The van der Waals surface area contributed by atoms with Gasteiger partial charge in [-0.15, -0.1) is 0 Å². The molecule has 23 heavy (non-hydrogen) atoms. The van der Waals surface area contributed by atoms with Crippen LogP contribution >= 0.6 is 0 Å². The van der Waals surface area contributed by atoms with E-state index in [4.69, 9.17) is 8.23 Å². The SMILES string of the molecule is O[SiH](CCC(F)F)O[Si](O)(CCC(F)F)O[SiH](O)CCC(F)F. The highest BCUT2D eigenvalue weighted by Crippen LogP contribution is 2.21. The van der Waals surface area contributed by atoms with E-state index in [0.29, 0.717) is 0 Å². The quantitative estimate of drug-likeness (QED) is 0.318. The molecular formula is C9H20F6O5Si3. The van der Waals surface area contributed by atoms with Crippen LogP contribution < -0.4 is 0 Å². The summed E-state index contributed by atoms with van der Waals surface area (Å²) in [5, 5.41) is 0. The lowest BCUT2D eigenvalue weighted by Gasteiger charge is -2.29. The minimum absolute atomic E-state index is 0.445. The Bertz CT molecular complexity index is 297. The van der Waals surface area contributed by atoms with Gasteiger partial charge >= 0.3 is 27.4 Å². The minimum Gasteiger partial charge on any atom is -0.413 e. The van der Waals surface area contributed by atoms with Gasteiger partial charge in [0.05, 0.1) is 0 Å². The van der Waals surface area contributed by atoms with E-state index in [0.717, 1.165) is 0 Å². The van der Waals surface area contributed by atoms with E-state index in [1.165, 1.54) is 0 Å². The van der Waals surface area contributed by atoms with Crippen LogP contribution in [0.1, 0.15) is 19.3 Å². The molecule has 0 aliphatic heterocycles. The number of halogens is 6. The number of hydrogen-bond acceptors (Lipinski definition) is 5. The Kier molecular flexibility index (Phi) is 11.6. The van der Waals surface area contributed by atoms with Crippen molar-refractivity contribution >= 4 is 27.4 Å². The molecule has 0 aliphatic carbocycles. The third kappa shape index (κ3) is 13.0. The van der Waals surface area contributed by atoms with Crippen LogP contribution in [0.2, 0.25) is 18.1 Å². The summed E-state index contributed by atoms with van der Waals surface area (Å²) in [7, 11) is -11.1. The first kappa shape index (κ1) is 23.0. The second-order valence-electron chi connectivity index (χ2n) is 4.72. The molecule has 0 aliphatic rings. The third-order valence-corrected chi connectivity index (χ3v) is 10.3. The van der Waals surface area contributed by atoms with Gasteiger partial charge in [0, 0.05) is 25.3 Å². The maximum absolute atomic E-state index is 12.2. The van der Waals surface area contributed by atoms with E-state index in [-0.39, 0.29) is 0 Å². The van der Waals surface area contributed by atoms with Crippen molar-refractivity contribution in [3.8, 4) is 0 Å². The zero-order valence-corrected chi connectivity index (χ0v) is 15.4. The highest BCUT2D eigenvalue weighted by atomic mass is 28.5. The van der Waals surface area contributed by atoms with Crippen LogP contribution in [0.25, 0.3) is 0 Å². The second kappa shape index (κ2) is 11.6. The Morgan fingerprint density at radius 3 is 1.39 bits per heavy atom. The molecule has 3 N–H and O–H groups in total. The number of hydrogen-bond donors (Lipinski definition) is 3. The van der Waals surface area contributed by atoms with E-state index in [9.17, 15) is 40.7 Å². The smallest absolute Gasteiger partial charge is 0.413 e. The molecule has 0 aromatic rings. The lowest BCUT2D eigenvalue weighted by atomic mass is 10.5. The molecule has 0 aromatic carbocycles. The van der Waals surface area contributed by atoms with Crippen LogP contribution in [-0.4, -0.2) is 61.0 Å². The van der Waals surface area contributed by atoms with Gasteiger partial charge in [-0.25, -0.2) is 26.3 Å². The molecule has 2 unspecified atom stereocenters. The van der Waals surface area contributed by atoms with E-state index in [1.807, 2.05) is 0 Å². The monoisotopic (exact) mass is 406 g/mol. The van der Waals surface area contributed by atoms with E-state index < -0.39 is 84.0 Å². The van der Waals surface area contributed by atoms with Crippen molar-refractivity contribution in [2.75, 3.05) is 0 Å². The van der Waals surface area contributed by atoms with Crippen LogP contribution in [0.4, 0.5) is 26.3 Å². The normalized spacial score (nSPS) is 17.7. The highest BCUT2D eigenvalue weighted by molar-refractivity contribution is 6.73. The summed E-state index contributed by atoms with van der Waals surface area (Å²) in [6.07, 6.45) is -10.5. The Morgan fingerprint density at radius 1 is 0.739 bits per heavy atom. The topological polar surface area (TPSA) is 79.2 Å². The molecule has 0 aromatic heterocycles. The predicted octanol–water partition coefficient (Wildman–Crippen LogP) is 1.34. The molecule has 0 spiro atoms. The molecule has 14 heteroatoms. The van der Waals surface area contributed by atoms with Crippen molar-refractivity contribution < 1.29 is 49.0 Å². The first-order chi connectivity index (χ1) is 10.5. The van der Waals surface area contributed by atoms with Gasteiger partial charge in [-0.3, -0.25) is 0 Å². The fourth-order valence-corrected chi connectivity index (χ4v) is 9.18. The molecular weight excluding hydrogens is 386 g/mol. The largest absolute Gasteiger partial charge is 0.480 e. The van der Waals surface area contributed by atoms with Gasteiger partial charge < -0.3 is 22.6 Å². The van der Waals surface area contributed by atoms with Crippen molar-refractivity contribution in [1.82, 2.24) is 0 Å². The lowest BCUT2D eigenvalue weighted by molar-refractivity contribution is 0.127. The molecule has 0 rings (SSSR count). The maximum Gasteiger partial charge on any atom is 0.480 e. The summed E-state index contributed by atoms with van der Waals surface area (Å²) in [5.41, 5.74) is 0. The van der Waals surface area contributed by atoms with E-state index in [2.05, 4.69) is 0 Å². The van der Waals surface area contributed by atoms with Gasteiger partial charge in [0.25, 0.3) is 0 Å². The average molecular weight is 407 g/mol. The summed E-state index contributed by atoms with van der Waals surface area (Å²) >= 11 is 0. The fourth-order valence-electron chi connectivity index (χ4n) is 1.52. The Balaban J connectivity index is 4.60. The summed E-state index contributed by atoms with van der Waals surface area (Å²) in [6, 6.07) is -1.60. The lowest BCUT2D eigenvalue weighted by Crippen LogP contribution is -2.51. The molecule has 0 bridgehead atoms. The first-order valence-corrected chi connectivity index (χ1v) is 12.4. The zero-order chi connectivity index (χ0) is 18.0. The Labute approximate surface area is 133 Å². The van der Waals surface area contributed by atoms with E-state index in [1.54, 1.807) is 0 Å². The van der Waals surface area contributed by atoms with Gasteiger partial charge in [0.2, 0.25) is 19.3 Å². The summed E-state index contributed by atoms with van der Waals surface area (Å²) in [4.78, 5) is 29.1. The third-order valence-electron chi connectivity index (χ3n) is 2.58. The Morgan fingerprint density at radius 2 is 1.09 bits per heavy atom. The van der Waals surface area contributed by atoms with Crippen molar-refractivity contribution in [3.05, 3.63) is 0 Å². The number of rotatable bonds is 13. The summed E-state index contributed by atoms with van der Waals surface area (Å²) in [6.45, 7) is 0. The molecule has 2 atom stereocenters. The predicted molar refractivity (Wildman–Crippen MR) is 75.2 cm³/mol. The maximum atomic E-state index is 12.2. The van der Waals surface area contributed by atoms with Gasteiger partial charge in [-0.05, 0) is 12.1 Å². The average Bonchev–Trinajstić information content (AvgIpc) is 2.40. The molecule has 0 fully saturated rings. The van der Waals surface area contributed by atoms with Crippen molar-refractivity contribution in [2.24, 2.45) is 0 Å². The molecule has 0 saturated carbocycles. The van der Waals surface area contributed by atoms with Crippen LogP contribution in [0.15, 0.2) is 0 Å². The first-order valence-electron chi connectivity index (χ1n) is 6.82. The number of alkyl halides is 6. The second-order valence-corrected chi connectivity index (χ2v) is 11.5. The summed E-state index contributed by atoms with van der Waals surface area (Å²) in [5.74, 6) is 0. The molecule has 0 heterocycles. The van der Waals surface area contributed by atoms with Gasteiger partial charge in [0.15, 0.2) is 0 Å². The van der Waals surface area contributed by atoms with Gasteiger partial charge in [-0.1, -0.05) is 0 Å². The molecule has 140 valence electrons. The summed E-state index contributed by atoms with van der Waals surface area (Å²) < 4.78 is 82.3. The standard InChI is InChI=1S/C9H20F6O5Si3/c10-7(11)1-4-21(16)19-23(18,6-3-9(14)15)20-22(17)5-2-8(12)13/h7-9,16-18,21-22H,1-6H2. The van der Waals surface area contributed by atoms with Crippen LogP contribution in [0, 0.1) is 0 Å². The molecule has 5 nitrogen and oxygen atoms in total. The van der Waals surface area contributed by atoms with Crippen LogP contribution in [-0.2, 0) is 8.23 Å². The zero-order valence-electron chi connectivity index (χ0n) is 12.1. The molecule has 0 amide bonds. The van der Waals surface area contributed by atoms with Crippen molar-refractivity contribution in [1.29, 1.82) is 0 Å². The van der Waals surface area contributed by atoms with Crippen molar-refractivity contribution in [3.63, 3.8) is 0 Å². The Hall–Kier alpha value is 0.0306. The van der Waals surface area contributed by atoms with E-state index >= 15 is 0 Å². The van der Waals surface area contributed by atoms with Crippen LogP contribution in [0.3, 0.4) is 0 Å². The van der Waals surface area contributed by atoms with Crippen molar-refractivity contribution in [2.45, 2.75) is 56.7 Å². The fraction of sp³-hybridized carbons (Fsp3) is 1.00. The van der Waals surface area contributed by atoms with Gasteiger partial charge in [0.1, 0.15) is 0 Å². The highest BCUT2D eigenvalue weighted by Gasteiger charge is 2.42. The van der Waals surface area contributed by atoms with Crippen LogP contribution in [0.5, 0.6) is 0 Å². The molecule has 0 saturated heterocycles.